The van der Waals surface area contributed by atoms with Gasteiger partial charge in [0.2, 0.25) is 0 Å². The molecule has 0 atom stereocenters. The van der Waals surface area contributed by atoms with Crippen molar-refractivity contribution in [2.75, 3.05) is 0 Å². The van der Waals surface area contributed by atoms with Crippen LogP contribution < -0.4 is 0 Å². The summed E-state index contributed by atoms with van der Waals surface area (Å²) >= 11 is 0. The normalized spacial score (nSPS) is 10.9. The molecule has 11 aromatic rings. The molecule has 11 rings (SSSR count). The first-order chi connectivity index (χ1) is 33.8. The number of para-hydroxylation sites is 2. The predicted octanol–water partition coefficient (Wildman–Crippen LogP) is 15.4. The van der Waals surface area contributed by atoms with E-state index in [9.17, 15) is 21.0 Å². The number of rotatable bonds is 6. The van der Waals surface area contributed by atoms with Gasteiger partial charge in [0, 0.05) is 32.7 Å². The lowest BCUT2D eigenvalue weighted by Crippen LogP contribution is -2.03. The van der Waals surface area contributed by atoms with Gasteiger partial charge in [0.05, 0.1) is 93.1 Å². The lowest BCUT2D eigenvalue weighted by atomic mass is 9.93. The fourth-order valence-electron chi connectivity index (χ4n) is 9.87. The van der Waals surface area contributed by atoms with E-state index in [1.165, 1.54) is 0 Å². The summed E-state index contributed by atoms with van der Waals surface area (Å²) in [5, 5.41) is 43.9. The highest BCUT2D eigenvalue weighted by atomic mass is 15.0. The van der Waals surface area contributed by atoms with Crippen LogP contribution >= 0.6 is 0 Å². The Morgan fingerprint density at radius 3 is 1.45 bits per heavy atom. The molecule has 8 heteroatoms. The van der Waals surface area contributed by atoms with Crippen LogP contribution in [-0.4, -0.2) is 9.13 Å². The smallest absolute Gasteiger partial charge is 0.184 e. The molecule has 0 amide bonds. The van der Waals surface area contributed by atoms with Gasteiger partial charge >= 0.3 is 0 Å². The van der Waals surface area contributed by atoms with Crippen molar-refractivity contribution in [3.05, 3.63) is 227 Å². The van der Waals surface area contributed by atoms with Crippen LogP contribution in [-0.2, 0) is 0 Å². The van der Waals surface area contributed by atoms with Crippen molar-refractivity contribution in [2.45, 2.75) is 6.92 Å². The molecule has 2 aromatic heterocycles. The zero-order chi connectivity index (χ0) is 47.3. The van der Waals surface area contributed by atoms with Gasteiger partial charge in [-0.1, -0.05) is 97.1 Å². The zero-order valence-electron chi connectivity index (χ0n) is 36.8. The van der Waals surface area contributed by atoms with E-state index in [0.717, 1.165) is 105 Å². The van der Waals surface area contributed by atoms with Crippen molar-refractivity contribution < 1.29 is 0 Å². The molecule has 0 bridgehead atoms. The summed E-state index contributed by atoms with van der Waals surface area (Å²) in [6.07, 6.45) is 0. The van der Waals surface area contributed by atoms with Gasteiger partial charge in [-0.2, -0.15) is 21.0 Å². The average Bonchev–Trinajstić information content (AvgIpc) is 3.92. The molecule has 0 aliphatic carbocycles. The first-order valence-electron chi connectivity index (χ1n) is 22.0. The number of aromatic nitrogens is 2. The molecule has 0 saturated heterocycles. The Balaban J connectivity index is 1.20. The fraction of sp³-hybridized carbons (Fsp3) is 0.0164. The first-order valence-corrected chi connectivity index (χ1v) is 22.0. The Bertz CT molecular complexity index is 4290. The summed E-state index contributed by atoms with van der Waals surface area (Å²) in [5.41, 5.74) is 16.0. The topological polar surface area (TPSA) is 114 Å². The Hall–Kier alpha value is -10.5. The molecule has 0 radical (unpaired) electrons. The van der Waals surface area contributed by atoms with E-state index in [1.807, 2.05) is 91.9 Å². The quantitative estimate of drug-likeness (QED) is 0.155. The van der Waals surface area contributed by atoms with Gasteiger partial charge in [0.25, 0.3) is 0 Å². The monoisotopic (exact) mass is 876 g/mol. The van der Waals surface area contributed by atoms with Crippen LogP contribution in [0.1, 0.15) is 27.8 Å². The first kappa shape index (κ1) is 41.2. The Labute approximate surface area is 397 Å². The molecule has 2 heterocycles. The van der Waals surface area contributed by atoms with Crippen molar-refractivity contribution in [3.63, 3.8) is 0 Å². The Morgan fingerprint density at radius 1 is 0.391 bits per heavy atom. The third-order valence-corrected chi connectivity index (χ3v) is 13.0. The van der Waals surface area contributed by atoms with Crippen molar-refractivity contribution >= 4 is 55.0 Å². The average molecular weight is 877 g/mol. The molecule has 9 aromatic carbocycles. The summed E-state index contributed by atoms with van der Waals surface area (Å²) in [6.45, 7) is 17.5. The van der Waals surface area contributed by atoms with Crippen LogP contribution in [0.3, 0.4) is 0 Å². The number of aryl methyl sites for hydroxylation is 1. The van der Waals surface area contributed by atoms with Gasteiger partial charge in [-0.25, -0.2) is 9.69 Å². The second-order valence-corrected chi connectivity index (χ2v) is 16.8. The Morgan fingerprint density at radius 2 is 0.870 bits per heavy atom. The van der Waals surface area contributed by atoms with E-state index in [2.05, 4.69) is 110 Å². The maximum Gasteiger partial charge on any atom is 0.184 e. The Kier molecular flexibility index (Phi) is 9.86. The fourth-order valence-corrected chi connectivity index (χ4v) is 9.87. The maximum atomic E-state index is 10.5. The van der Waals surface area contributed by atoms with Gasteiger partial charge in [0.15, 0.2) is 11.4 Å². The number of benzene rings is 9. The van der Waals surface area contributed by atoms with Crippen molar-refractivity contribution in [2.24, 2.45) is 0 Å². The molecule has 0 aliphatic heterocycles. The molecular weight excluding hydrogens is 845 g/mol. The minimum absolute atomic E-state index is 0.412. The lowest BCUT2D eigenvalue weighted by molar-refractivity contribution is 1.16. The molecule has 0 N–H and O–H groups in total. The van der Waals surface area contributed by atoms with Crippen molar-refractivity contribution in [1.29, 1.82) is 21.0 Å². The molecule has 8 nitrogen and oxygen atoms in total. The van der Waals surface area contributed by atoms with E-state index < -0.39 is 0 Å². The summed E-state index contributed by atoms with van der Waals surface area (Å²) in [4.78, 5) is 7.36. The molecule has 316 valence electrons. The molecular formula is C61H32N8. The van der Waals surface area contributed by atoms with E-state index in [0.29, 0.717) is 33.6 Å². The number of hydrogen-bond acceptors (Lipinski definition) is 4. The SMILES string of the molecule is [C-]#[N+]c1ccc(-c2ccc3c(c2)c2ccccc2n3-c2cc(-c3ccc(C#N)cc3C)ccc2-c2ccc(C#N)cc2-n2c3ccccc3c3cc(-c4ccc(C#N)cc4C#N)ccc32)c([N+]#[C-])c1. The predicted molar refractivity (Wildman–Crippen MR) is 273 cm³/mol. The molecule has 0 aliphatic rings. The van der Waals surface area contributed by atoms with Gasteiger partial charge in [-0.05, 0) is 125 Å². The molecule has 0 fully saturated rings. The van der Waals surface area contributed by atoms with Gasteiger partial charge in [-0.3, -0.25) is 0 Å². The van der Waals surface area contributed by atoms with Crippen LogP contribution in [0.4, 0.5) is 11.4 Å². The summed E-state index contributed by atoms with van der Waals surface area (Å²) < 4.78 is 4.50. The number of fused-ring (bicyclic) bond motifs is 6. The number of hydrogen-bond donors (Lipinski definition) is 0. The van der Waals surface area contributed by atoms with Gasteiger partial charge in [-0.15, -0.1) is 0 Å². The van der Waals surface area contributed by atoms with Crippen molar-refractivity contribution in [1.82, 2.24) is 9.13 Å². The third kappa shape index (κ3) is 6.71. The summed E-state index contributed by atoms with van der Waals surface area (Å²) in [6, 6.07) is 66.4. The highest BCUT2D eigenvalue weighted by molar-refractivity contribution is 6.13. The van der Waals surface area contributed by atoms with E-state index in [-0.39, 0.29) is 0 Å². The van der Waals surface area contributed by atoms with Crippen LogP contribution in [0.2, 0.25) is 0 Å². The van der Waals surface area contributed by atoms with Gasteiger partial charge in [0.1, 0.15) is 0 Å². The zero-order valence-corrected chi connectivity index (χ0v) is 36.8. The second kappa shape index (κ2) is 16.5. The van der Waals surface area contributed by atoms with Crippen molar-refractivity contribution in [3.8, 4) is 80.2 Å². The minimum atomic E-state index is 0.412. The van der Waals surface area contributed by atoms with Crippen LogP contribution in [0.5, 0.6) is 0 Å². The van der Waals surface area contributed by atoms with Crippen LogP contribution in [0.15, 0.2) is 176 Å². The van der Waals surface area contributed by atoms with E-state index in [4.69, 9.17) is 13.1 Å². The highest BCUT2D eigenvalue weighted by Gasteiger charge is 2.23. The minimum Gasteiger partial charge on any atom is -0.309 e. The standard InChI is InChI=1S/C61H32N8/c1-37-26-38(33-62)12-19-46(37)43-15-22-52(61(31-43)69-57-11-7-5-9-50(57)54-30-42(17-25-59(54)69)48-23-18-45(66-2)32-55(48)67-3)51-21-14-40(35-64)28-60(51)68-56-10-6-4-8-49(56)53-29-41(16-24-58(53)68)47-20-13-39(34-63)27-44(47)36-65/h4-32H,1H3. The van der Waals surface area contributed by atoms with Crippen LogP contribution in [0.25, 0.3) is 109 Å². The largest absolute Gasteiger partial charge is 0.309 e. The highest BCUT2D eigenvalue weighted by Crippen LogP contribution is 2.45. The summed E-state index contributed by atoms with van der Waals surface area (Å²) in [7, 11) is 0. The second-order valence-electron chi connectivity index (χ2n) is 16.8. The van der Waals surface area contributed by atoms with E-state index >= 15 is 0 Å². The third-order valence-electron chi connectivity index (χ3n) is 13.0. The molecule has 0 unspecified atom stereocenters. The summed E-state index contributed by atoms with van der Waals surface area (Å²) in [5.74, 6) is 0. The molecule has 69 heavy (non-hydrogen) atoms. The molecule has 0 spiro atoms. The van der Waals surface area contributed by atoms with Gasteiger partial charge < -0.3 is 9.13 Å². The maximum absolute atomic E-state index is 10.5. The van der Waals surface area contributed by atoms with E-state index in [1.54, 1.807) is 24.3 Å². The number of nitrogens with zero attached hydrogens (tertiary/aromatic N) is 8. The lowest BCUT2D eigenvalue weighted by Gasteiger charge is -2.20. The van der Waals surface area contributed by atoms with Crippen LogP contribution in [0, 0.1) is 65.4 Å². The molecule has 0 saturated carbocycles. The number of nitriles is 4.